The fourth-order valence-corrected chi connectivity index (χ4v) is 2.23. The summed E-state index contributed by atoms with van der Waals surface area (Å²) in [6.07, 6.45) is 5.13. The predicted molar refractivity (Wildman–Crippen MR) is 91.2 cm³/mol. The Morgan fingerprint density at radius 1 is 1.30 bits per heavy atom. The summed E-state index contributed by atoms with van der Waals surface area (Å²) in [7, 11) is 0. The van der Waals surface area contributed by atoms with E-state index < -0.39 is 0 Å². The van der Waals surface area contributed by atoms with Crippen LogP contribution in [0.5, 0.6) is 5.75 Å². The monoisotopic (exact) mass is 325 g/mol. The minimum Gasteiger partial charge on any atom is -0.494 e. The highest BCUT2D eigenvalue weighted by molar-refractivity contribution is 7.71. The molecule has 2 aromatic heterocycles. The molecule has 0 fully saturated rings. The molecule has 0 radical (unpaired) electrons. The van der Waals surface area contributed by atoms with E-state index in [0.717, 1.165) is 16.9 Å². The van der Waals surface area contributed by atoms with Crippen molar-refractivity contribution in [1.82, 2.24) is 19.9 Å². The zero-order valence-corrected chi connectivity index (χ0v) is 13.3. The maximum absolute atomic E-state index is 5.53. The van der Waals surface area contributed by atoms with E-state index in [-0.39, 0.29) is 0 Å². The lowest BCUT2D eigenvalue weighted by atomic mass is 10.2. The van der Waals surface area contributed by atoms with E-state index in [9.17, 15) is 0 Å². The van der Waals surface area contributed by atoms with Gasteiger partial charge < -0.3 is 4.74 Å². The van der Waals surface area contributed by atoms with E-state index >= 15 is 0 Å². The molecule has 0 atom stereocenters. The van der Waals surface area contributed by atoms with Crippen molar-refractivity contribution in [3.63, 3.8) is 0 Å². The number of pyridine rings is 1. The fraction of sp³-hybridized carbons (Fsp3) is 0.125. The van der Waals surface area contributed by atoms with Crippen LogP contribution in [0.1, 0.15) is 12.5 Å². The summed E-state index contributed by atoms with van der Waals surface area (Å²) in [5.41, 5.74) is 1.80. The van der Waals surface area contributed by atoms with Gasteiger partial charge in [-0.2, -0.15) is 14.9 Å². The average Bonchev–Trinajstić information content (AvgIpc) is 2.95. The van der Waals surface area contributed by atoms with Gasteiger partial charge >= 0.3 is 0 Å². The Balaban J connectivity index is 1.97. The molecule has 0 bridgehead atoms. The van der Waals surface area contributed by atoms with Crippen molar-refractivity contribution < 1.29 is 4.74 Å². The van der Waals surface area contributed by atoms with Crippen molar-refractivity contribution in [3.05, 3.63) is 59.1 Å². The highest BCUT2D eigenvalue weighted by Gasteiger charge is 2.09. The number of nitrogens with zero attached hydrogens (tertiary/aromatic N) is 4. The molecule has 3 aromatic rings. The van der Waals surface area contributed by atoms with Crippen molar-refractivity contribution in [1.29, 1.82) is 0 Å². The number of hydrogen-bond acceptors (Lipinski definition) is 5. The van der Waals surface area contributed by atoms with Crippen molar-refractivity contribution in [2.24, 2.45) is 5.10 Å². The van der Waals surface area contributed by atoms with E-state index in [2.05, 4.69) is 20.3 Å². The van der Waals surface area contributed by atoms with Gasteiger partial charge in [-0.25, -0.2) is 5.10 Å². The smallest absolute Gasteiger partial charge is 0.216 e. The molecule has 0 aliphatic carbocycles. The summed E-state index contributed by atoms with van der Waals surface area (Å²) in [6.45, 7) is 2.55. The molecule has 1 N–H and O–H groups in total. The first-order chi connectivity index (χ1) is 11.3. The Kier molecular flexibility index (Phi) is 4.58. The molecule has 2 heterocycles. The molecule has 0 saturated heterocycles. The molecular formula is C16H15N5OS. The number of hydrogen-bond donors (Lipinski definition) is 1. The molecule has 7 heteroatoms. The van der Waals surface area contributed by atoms with Crippen molar-refractivity contribution >= 4 is 18.4 Å². The van der Waals surface area contributed by atoms with Gasteiger partial charge in [0.25, 0.3) is 0 Å². The number of aromatic amines is 1. The van der Waals surface area contributed by atoms with Gasteiger partial charge in [0, 0.05) is 18.0 Å². The third-order valence-electron chi connectivity index (χ3n) is 3.08. The fourth-order valence-electron chi connectivity index (χ4n) is 2.05. The van der Waals surface area contributed by atoms with Crippen LogP contribution in [0.3, 0.4) is 0 Å². The van der Waals surface area contributed by atoms with E-state index in [1.165, 1.54) is 0 Å². The molecule has 0 aliphatic heterocycles. The van der Waals surface area contributed by atoms with E-state index in [0.29, 0.717) is 17.2 Å². The topological polar surface area (TPSA) is 68.1 Å². The van der Waals surface area contributed by atoms with Gasteiger partial charge in [-0.3, -0.25) is 4.98 Å². The van der Waals surface area contributed by atoms with Crippen molar-refractivity contribution in [2.45, 2.75) is 6.92 Å². The van der Waals surface area contributed by atoms with Gasteiger partial charge in [0.05, 0.1) is 12.8 Å². The highest BCUT2D eigenvalue weighted by Crippen LogP contribution is 2.22. The second kappa shape index (κ2) is 6.97. The Hall–Kier alpha value is -2.80. The lowest BCUT2D eigenvalue weighted by molar-refractivity contribution is 0.340. The number of benzene rings is 1. The summed E-state index contributed by atoms with van der Waals surface area (Å²) in [6, 6.07) is 11.4. The Morgan fingerprint density at radius 3 is 2.91 bits per heavy atom. The maximum Gasteiger partial charge on any atom is 0.216 e. The molecule has 0 spiro atoms. The van der Waals surface area contributed by atoms with Gasteiger partial charge in [-0.05, 0) is 49.0 Å². The molecule has 23 heavy (non-hydrogen) atoms. The largest absolute Gasteiger partial charge is 0.494 e. The molecule has 0 amide bonds. The lowest BCUT2D eigenvalue weighted by Gasteiger charge is -2.05. The summed E-state index contributed by atoms with van der Waals surface area (Å²) in [5.74, 6) is 1.41. The minimum absolute atomic E-state index is 0.423. The number of H-pyrrole nitrogens is 1. The van der Waals surface area contributed by atoms with Gasteiger partial charge in [-0.1, -0.05) is 12.1 Å². The molecule has 0 saturated carbocycles. The quantitative estimate of drug-likeness (QED) is 0.577. The Bertz CT molecular complexity index is 869. The van der Waals surface area contributed by atoms with Crippen LogP contribution in [0.25, 0.3) is 11.4 Å². The van der Waals surface area contributed by atoms with Crippen LogP contribution >= 0.6 is 12.2 Å². The van der Waals surface area contributed by atoms with E-state index in [1.807, 2.05) is 43.3 Å². The number of aromatic nitrogens is 4. The van der Waals surface area contributed by atoms with Crippen molar-refractivity contribution in [3.8, 4) is 17.1 Å². The standard InChI is InChI=1S/C16H15N5OS/c1-2-22-14-5-3-4-13(10-14)15-19-20-16(23)21(15)18-11-12-6-8-17-9-7-12/h3-11H,2H2,1H3,(H,20,23). The first kappa shape index (κ1) is 15.1. The molecule has 3 rings (SSSR count). The highest BCUT2D eigenvalue weighted by atomic mass is 32.1. The zero-order valence-electron chi connectivity index (χ0n) is 12.5. The van der Waals surface area contributed by atoms with Crippen LogP contribution in [0, 0.1) is 4.77 Å². The van der Waals surface area contributed by atoms with Crippen LogP contribution in [0.2, 0.25) is 0 Å². The van der Waals surface area contributed by atoms with Crippen LogP contribution in [0.15, 0.2) is 53.9 Å². The maximum atomic E-state index is 5.53. The summed E-state index contributed by atoms with van der Waals surface area (Å²) in [5, 5.41) is 11.4. The summed E-state index contributed by atoms with van der Waals surface area (Å²) < 4.78 is 7.53. The second-order valence-electron chi connectivity index (χ2n) is 4.65. The Morgan fingerprint density at radius 2 is 2.13 bits per heavy atom. The molecule has 0 aliphatic rings. The minimum atomic E-state index is 0.423. The lowest BCUT2D eigenvalue weighted by Crippen LogP contribution is -1.96. The first-order valence-electron chi connectivity index (χ1n) is 7.13. The van der Waals surface area contributed by atoms with Crippen LogP contribution in [0.4, 0.5) is 0 Å². The summed E-state index contributed by atoms with van der Waals surface area (Å²) >= 11 is 5.26. The Labute approximate surface area is 138 Å². The molecule has 0 unspecified atom stereocenters. The number of ether oxygens (including phenoxy) is 1. The van der Waals surface area contributed by atoms with Crippen LogP contribution in [-0.2, 0) is 0 Å². The SMILES string of the molecule is CCOc1cccc(-c2n[nH]c(=S)n2N=Cc2ccncc2)c1. The van der Waals surface area contributed by atoms with Gasteiger partial charge in [-0.15, -0.1) is 0 Å². The van der Waals surface area contributed by atoms with Crippen LogP contribution < -0.4 is 4.74 Å². The molecule has 1 aromatic carbocycles. The van der Waals surface area contributed by atoms with Gasteiger partial charge in [0.15, 0.2) is 5.82 Å². The zero-order chi connectivity index (χ0) is 16.1. The van der Waals surface area contributed by atoms with E-state index in [4.69, 9.17) is 17.0 Å². The van der Waals surface area contributed by atoms with Crippen LogP contribution in [-0.4, -0.2) is 32.7 Å². The summed E-state index contributed by atoms with van der Waals surface area (Å²) in [4.78, 5) is 3.98. The second-order valence-corrected chi connectivity index (χ2v) is 5.04. The number of nitrogens with one attached hydrogen (secondary N) is 1. The van der Waals surface area contributed by atoms with E-state index in [1.54, 1.807) is 23.3 Å². The molecule has 116 valence electrons. The molecule has 6 nitrogen and oxygen atoms in total. The van der Waals surface area contributed by atoms with Gasteiger partial charge in [0.2, 0.25) is 4.77 Å². The third kappa shape index (κ3) is 3.51. The average molecular weight is 325 g/mol. The first-order valence-corrected chi connectivity index (χ1v) is 7.54. The normalized spacial score (nSPS) is 11.0. The van der Waals surface area contributed by atoms with Crippen molar-refractivity contribution in [2.75, 3.05) is 6.61 Å². The third-order valence-corrected chi connectivity index (χ3v) is 3.35. The molecular weight excluding hydrogens is 310 g/mol. The van der Waals surface area contributed by atoms with Gasteiger partial charge in [0.1, 0.15) is 5.75 Å². The predicted octanol–water partition coefficient (Wildman–Crippen LogP) is 3.28. The number of rotatable bonds is 5.